The minimum Gasteiger partial charge on any atom is -0.322 e. The minimum atomic E-state index is -0.177. The van der Waals surface area contributed by atoms with E-state index in [2.05, 4.69) is 17.9 Å². The fourth-order valence-corrected chi connectivity index (χ4v) is 3.24. The summed E-state index contributed by atoms with van der Waals surface area (Å²) in [4.78, 5) is 12.5. The third kappa shape index (κ3) is 4.24. The van der Waals surface area contributed by atoms with Gasteiger partial charge in [0.05, 0.1) is 5.25 Å². The molecule has 3 aromatic carbocycles. The summed E-state index contributed by atoms with van der Waals surface area (Å²) in [7, 11) is 0. The number of benzene rings is 3. The molecule has 5 heteroatoms. The lowest BCUT2D eigenvalue weighted by Gasteiger charge is -2.13. The number of hydrogen-bond acceptors (Lipinski definition) is 2. The molecule has 0 aromatic heterocycles. The molecule has 0 radical (unpaired) electrons. The molecule has 0 heterocycles. The van der Waals surface area contributed by atoms with Gasteiger partial charge in [0.1, 0.15) is 0 Å². The third-order valence-corrected chi connectivity index (χ3v) is 5.45. The van der Waals surface area contributed by atoms with Crippen molar-refractivity contribution < 1.29 is 4.79 Å². The fraction of sp³-hybridized carbons (Fsp3) is 0.0952. The second-order valence-corrected chi connectivity index (χ2v) is 7.30. The first-order valence-electron chi connectivity index (χ1n) is 8.05. The molecule has 2 nitrogen and oxygen atoms in total. The highest BCUT2D eigenvalue weighted by Gasteiger charge is 2.12. The van der Waals surface area contributed by atoms with Crippen molar-refractivity contribution in [2.45, 2.75) is 12.2 Å². The van der Waals surface area contributed by atoms with Crippen molar-refractivity contribution in [3.8, 4) is 0 Å². The second-order valence-electron chi connectivity index (χ2n) is 5.94. The Kier molecular flexibility index (Phi) is 5.92. The van der Waals surface area contributed by atoms with Gasteiger partial charge in [-0.15, -0.1) is 0 Å². The van der Waals surface area contributed by atoms with Crippen molar-refractivity contribution >= 4 is 47.4 Å². The number of anilines is 1. The second kappa shape index (κ2) is 8.17. The van der Waals surface area contributed by atoms with Crippen LogP contribution in [0.2, 0.25) is 10.0 Å². The van der Waals surface area contributed by atoms with Crippen LogP contribution in [0.3, 0.4) is 0 Å². The Morgan fingerprint density at radius 3 is 2.12 bits per heavy atom. The lowest BCUT2D eigenvalue weighted by molar-refractivity contribution is 0.102. The van der Waals surface area contributed by atoms with Gasteiger partial charge in [0.2, 0.25) is 0 Å². The van der Waals surface area contributed by atoms with Crippen LogP contribution in [-0.2, 0) is 0 Å². The number of carbonyl (C=O) groups is 1. The van der Waals surface area contributed by atoms with E-state index >= 15 is 0 Å². The summed E-state index contributed by atoms with van der Waals surface area (Å²) in [5.74, 6) is -0.177. The molecular formula is C21H17Cl2NOS. The van der Waals surface area contributed by atoms with Crippen molar-refractivity contribution in [2.24, 2.45) is 0 Å². The molecule has 1 N–H and O–H groups in total. The first kappa shape index (κ1) is 18.8. The van der Waals surface area contributed by atoms with Crippen LogP contribution in [0.25, 0.3) is 0 Å². The summed E-state index contributed by atoms with van der Waals surface area (Å²) in [6.45, 7) is 1.87. The molecule has 0 saturated carbocycles. The maximum atomic E-state index is 12.5. The van der Waals surface area contributed by atoms with E-state index in [1.54, 1.807) is 18.2 Å². The van der Waals surface area contributed by atoms with E-state index in [0.29, 0.717) is 21.3 Å². The van der Waals surface area contributed by atoms with Crippen molar-refractivity contribution in [2.75, 3.05) is 5.32 Å². The molecular weight excluding hydrogens is 385 g/mol. The monoisotopic (exact) mass is 401 g/mol. The Bertz CT molecular complexity index is 924. The van der Waals surface area contributed by atoms with Crippen LogP contribution in [-0.4, -0.2) is 5.91 Å². The Morgan fingerprint density at radius 2 is 1.50 bits per heavy atom. The van der Waals surface area contributed by atoms with Gasteiger partial charge in [-0.2, -0.15) is 12.6 Å². The van der Waals surface area contributed by atoms with Gasteiger partial charge in [0, 0.05) is 21.3 Å². The van der Waals surface area contributed by atoms with Gasteiger partial charge in [0.15, 0.2) is 0 Å². The van der Waals surface area contributed by atoms with E-state index in [-0.39, 0.29) is 11.2 Å². The molecule has 0 aliphatic heterocycles. The number of hydrogen-bond donors (Lipinski definition) is 2. The molecule has 0 spiro atoms. The van der Waals surface area contributed by atoms with Crippen molar-refractivity contribution in [3.63, 3.8) is 0 Å². The van der Waals surface area contributed by atoms with Crippen LogP contribution in [0.4, 0.5) is 5.69 Å². The maximum Gasteiger partial charge on any atom is 0.255 e. The highest BCUT2D eigenvalue weighted by molar-refractivity contribution is 7.80. The van der Waals surface area contributed by atoms with E-state index in [1.807, 2.05) is 55.5 Å². The van der Waals surface area contributed by atoms with E-state index < -0.39 is 0 Å². The molecule has 26 heavy (non-hydrogen) atoms. The predicted molar refractivity (Wildman–Crippen MR) is 113 cm³/mol. The lowest BCUT2D eigenvalue weighted by Crippen LogP contribution is -2.13. The zero-order valence-corrected chi connectivity index (χ0v) is 16.4. The third-order valence-electron chi connectivity index (χ3n) is 4.19. The molecule has 1 amide bonds. The van der Waals surface area contributed by atoms with Crippen LogP contribution >= 0.6 is 35.8 Å². The summed E-state index contributed by atoms with van der Waals surface area (Å²) >= 11 is 16.7. The molecule has 3 rings (SSSR count). The average Bonchev–Trinajstić information content (AvgIpc) is 2.65. The zero-order chi connectivity index (χ0) is 18.7. The van der Waals surface area contributed by atoms with Crippen LogP contribution in [0.15, 0.2) is 66.7 Å². The molecule has 1 atom stereocenters. The van der Waals surface area contributed by atoms with Crippen molar-refractivity contribution in [3.05, 3.63) is 99.0 Å². The molecule has 1 unspecified atom stereocenters. The minimum absolute atomic E-state index is 0.0837. The SMILES string of the molecule is Cc1c(Cl)cccc1NC(=O)c1ccc(C(S)c2ccc(Cl)cc2)cc1. The van der Waals surface area contributed by atoms with E-state index in [1.165, 1.54) is 0 Å². The van der Waals surface area contributed by atoms with Crippen LogP contribution in [0.1, 0.15) is 32.3 Å². The highest BCUT2D eigenvalue weighted by Crippen LogP contribution is 2.29. The van der Waals surface area contributed by atoms with Gasteiger partial charge in [-0.1, -0.05) is 53.5 Å². The molecule has 0 aliphatic carbocycles. The topological polar surface area (TPSA) is 29.1 Å². The molecule has 3 aromatic rings. The average molecular weight is 402 g/mol. The fourth-order valence-electron chi connectivity index (χ4n) is 2.59. The van der Waals surface area contributed by atoms with Gasteiger partial charge in [-0.25, -0.2) is 0 Å². The summed E-state index contributed by atoms with van der Waals surface area (Å²) in [6.07, 6.45) is 0. The number of rotatable bonds is 4. The van der Waals surface area contributed by atoms with Gasteiger partial charge in [-0.3, -0.25) is 4.79 Å². The Hall–Kier alpha value is -1.94. The van der Waals surface area contributed by atoms with Crippen LogP contribution in [0.5, 0.6) is 0 Å². The number of amides is 1. The Labute approximate surface area is 168 Å². The largest absolute Gasteiger partial charge is 0.322 e. The maximum absolute atomic E-state index is 12.5. The quantitative estimate of drug-likeness (QED) is 0.475. The van der Waals surface area contributed by atoms with Crippen molar-refractivity contribution in [1.29, 1.82) is 0 Å². The number of nitrogens with one attached hydrogen (secondary N) is 1. The Balaban J connectivity index is 1.75. The molecule has 0 bridgehead atoms. The van der Waals surface area contributed by atoms with E-state index in [0.717, 1.165) is 16.7 Å². The number of halogens is 2. The zero-order valence-electron chi connectivity index (χ0n) is 14.0. The molecule has 0 fully saturated rings. The predicted octanol–water partition coefficient (Wildman–Crippen LogP) is 6.57. The summed E-state index contributed by atoms with van der Waals surface area (Å²) in [5, 5.41) is 4.13. The summed E-state index contributed by atoms with van der Waals surface area (Å²) in [6, 6.07) is 20.4. The van der Waals surface area contributed by atoms with Crippen LogP contribution in [0, 0.1) is 6.92 Å². The molecule has 0 aliphatic rings. The van der Waals surface area contributed by atoms with E-state index in [9.17, 15) is 4.79 Å². The van der Waals surface area contributed by atoms with Crippen LogP contribution < -0.4 is 5.32 Å². The number of thiol groups is 1. The normalized spacial score (nSPS) is 11.8. The van der Waals surface area contributed by atoms with Gasteiger partial charge in [0.25, 0.3) is 5.91 Å². The van der Waals surface area contributed by atoms with Gasteiger partial charge >= 0.3 is 0 Å². The highest BCUT2D eigenvalue weighted by atomic mass is 35.5. The first-order chi connectivity index (χ1) is 12.5. The van der Waals surface area contributed by atoms with Crippen molar-refractivity contribution in [1.82, 2.24) is 0 Å². The summed E-state index contributed by atoms with van der Waals surface area (Å²) < 4.78 is 0. The molecule has 132 valence electrons. The lowest BCUT2D eigenvalue weighted by atomic mass is 10.0. The Morgan fingerprint density at radius 1 is 0.923 bits per heavy atom. The van der Waals surface area contributed by atoms with E-state index in [4.69, 9.17) is 23.2 Å². The van der Waals surface area contributed by atoms with Gasteiger partial charge in [-0.05, 0) is 60.0 Å². The smallest absolute Gasteiger partial charge is 0.255 e. The number of carbonyl (C=O) groups excluding carboxylic acids is 1. The van der Waals surface area contributed by atoms with Gasteiger partial charge < -0.3 is 5.32 Å². The standard InChI is InChI=1S/C21H17Cl2NOS/c1-13-18(23)3-2-4-19(13)24-21(25)16-7-5-14(6-8-16)20(26)15-9-11-17(22)12-10-15/h2-12,20,26H,1H3,(H,24,25). The first-order valence-corrected chi connectivity index (χ1v) is 9.33. The summed E-state index contributed by atoms with van der Waals surface area (Å²) in [5.41, 5.74) is 4.18. The molecule has 0 saturated heterocycles.